The highest BCUT2D eigenvalue weighted by Crippen LogP contribution is 2.26. The molecule has 2 N–H and O–H groups in total. The summed E-state index contributed by atoms with van der Waals surface area (Å²) in [6.45, 7) is 7.63. The smallest absolute Gasteiger partial charge is 0.242 e. The highest BCUT2D eigenvalue weighted by molar-refractivity contribution is 7.89. The molecule has 0 bridgehead atoms. The number of nitrogens with one attached hydrogen (secondary N) is 2. The molecule has 0 radical (unpaired) electrons. The summed E-state index contributed by atoms with van der Waals surface area (Å²) < 4.78 is 29.4. The Hall–Kier alpha value is -2.00. The molecular formula is C21H24ClN3O3S2. The van der Waals surface area contributed by atoms with Crippen molar-refractivity contribution in [2.75, 3.05) is 5.32 Å². The van der Waals surface area contributed by atoms with Crippen molar-refractivity contribution in [2.24, 2.45) is 5.92 Å². The summed E-state index contributed by atoms with van der Waals surface area (Å²) in [5.74, 6) is -0.351. The zero-order valence-electron chi connectivity index (χ0n) is 17.2. The molecule has 0 aliphatic rings. The SMILES string of the molecule is Cc1ccc(NC(=O)[C@H](CC(C)C)NS(=O)(=O)c2ccc3nc(C)sc3c2)c(Cl)c1. The van der Waals surface area contributed by atoms with Crippen molar-refractivity contribution in [3.8, 4) is 0 Å². The third-order valence-corrected chi connectivity index (χ3v) is 7.20. The van der Waals surface area contributed by atoms with Gasteiger partial charge in [0, 0.05) is 0 Å². The minimum atomic E-state index is -3.91. The Morgan fingerprint density at radius 1 is 1.17 bits per heavy atom. The second kappa shape index (κ2) is 9.01. The van der Waals surface area contributed by atoms with Gasteiger partial charge in [-0.15, -0.1) is 11.3 Å². The van der Waals surface area contributed by atoms with Crippen LogP contribution in [0.15, 0.2) is 41.3 Å². The van der Waals surface area contributed by atoms with E-state index in [1.165, 1.54) is 17.4 Å². The first-order chi connectivity index (χ1) is 14.0. The van der Waals surface area contributed by atoms with Crippen molar-refractivity contribution < 1.29 is 13.2 Å². The minimum Gasteiger partial charge on any atom is -0.323 e. The van der Waals surface area contributed by atoms with Crippen LogP contribution in [-0.2, 0) is 14.8 Å². The fraction of sp³-hybridized carbons (Fsp3) is 0.333. The average Bonchev–Trinajstić information content (AvgIpc) is 3.02. The van der Waals surface area contributed by atoms with Crippen LogP contribution < -0.4 is 10.0 Å². The quantitative estimate of drug-likeness (QED) is 0.519. The number of hydrogen-bond donors (Lipinski definition) is 2. The number of halogens is 1. The minimum absolute atomic E-state index is 0.101. The van der Waals surface area contributed by atoms with Crippen LogP contribution in [0.1, 0.15) is 30.8 Å². The zero-order chi connectivity index (χ0) is 22.1. The molecular weight excluding hydrogens is 442 g/mol. The lowest BCUT2D eigenvalue weighted by Gasteiger charge is -2.20. The summed E-state index contributed by atoms with van der Waals surface area (Å²) in [5.41, 5.74) is 2.16. The fourth-order valence-corrected chi connectivity index (χ4v) is 5.52. The van der Waals surface area contributed by atoms with E-state index in [1.54, 1.807) is 24.3 Å². The van der Waals surface area contributed by atoms with E-state index in [4.69, 9.17) is 11.6 Å². The number of fused-ring (bicyclic) bond motifs is 1. The largest absolute Gasteiger partial charge is 0.323 e. The normalized spacial score (nSPS) is 13.0. The Kier molecular flexibility index (Phi) is 6.81. The first-order valence-electron chi connectivity index (χ1n) is 9.51. The van der Waals surface area contributed by atoms with Gasteiger partial charge < -0.3 is 5.32 Å². The molecule has 3 rings (SSSR count). The molecule has 0 aliphatic heterocycles. The summed E-state index contributed by atoms with van der Waals surface area (Å²) in [6.07, 6.45) is 0.344. The predicted octanol–water partition coefficient (Wildman–Crippen LogP) is 4.90. The lowest BCUT2D eigenvalue weighted by atomic mass is 10.0. The Labute approximate surface area is 185 Å². The molecule has 1 atom stereocenters. The summed E-state index contributed by atoms with van der Waals surface area (Å²) in [5, 5.41) is 4.01. The maximum atomic E-state index is 13.0. The Morgan fingerprint density at radius 2 is 1.90 bits per heavy atom. The van der Waals surface area contributed by atoms with Gasteiger partial charge in [0.15, 0.2) is 0 Å². The zero-order valence-corrected chi connectivity index (χ0v) is 19.6. The topological polar surface area (TPSA) is 88.2 Å². The van der Waals surface area contributed by atoms with Crippen molar-refractivity contribution in [1.29, 1.82) is 0 Å². The maximum absolute atomic E-state index is 13.0. The molecule has 0 aliphatic carbocycles. The molecule has 6 nitrogen and oxygen atoms in total. The number of carbonyl (C=O) groups excluding carboxylic acids is 1. The Balaban J connectivity index is 1.85. The van der Waals surface area contributed by atoms with E-state index in [0.717, 1.165) is 20.8 Å². The maximum Gasteiger partial charge on any atom is 0.242 e. The summed E-state index contributed by atoms with van der Waals surface area (Å²) in [6, 6.07) is 9.11. The summed E-state index contributed by atoms with van der Waals surface area (Å²) in [4.78, 5) is 17.4. The molecule has 0 spiro atoms. The van der Waals surface area contributed by atoms with Crippen LogP contribution in [0.2, 0.25) is 5.02 Å². The second-order valence-electron chi connectivity index (χ2n) is 7.64. The highest BCUT2D eigenvalue weighted by Gasteiger charge is 2.27. The van der Waals surface area contributed by atoms with E-state index in [9.17, 15) is 13.2 Å². The number of thiazole rings is 1. The second-order valence-corrected chi connectivity index (χ2v) is 11.0. The van der Waals surface area contributed by atoms with Crippen LogP contribution in [0.4, 0.5) is 5.69 Å². The summed E-state index contributed by atoms with van der Waals surface area (Å²) in [7, 11) is -3.91. The summed E-state index contributed by atoms with van der Waals surface area (Å²) >= 11 is 7.64. The van der Waals surface area contributed by atoms with E-state index in [-0.39, 0.29) is 10.8 Å². The van der Waals surface area contributed by atoms with Gasteiger partial charge in [0.25, 0.3) is 0 Å². The Morgan fingerprint density at radius 3 is 2.57 bits per heavy atom. The molecule has 3 aromatic rings. The molecule has 0 saturated carbocycles. The molecule has 9 heteroatoms. The average molecular weight is 466 g/mol. The number of carbonyl (C=O) groups is 1. The molecule has 160 valence electrons. The molecule has 2 aromatic carbocycles. The van der Waals surface area contributed by atoms with Gasteiger partial charge in [0.2, 0.25) is 15.9 Å². The van der Waals surface area contributed by atoms with Gasteiger partial charge in [0.05, 0.1) is 30.8 Å². The number of rotatable bonds is 7. The predicted molar refractivity (Wildman–Crippen MR) is 123 cm³/mol. The molecule has 0 fully saturated rings. The van der Waals surface area contributed by atoms with Gasteiger partial charge in [0.1, 0.15) is 6.04 Å². The van der Waals surface area contributed by atoms with E-state index in [1.807, 2.05) is 33.8 Å². The molecule has 0 unspecified atom stereocenters. The van der Waals surface area contributed by atoms with Crippen molar-refractivity contribution in [2.45, 2.75) is 45.1 Å². The van der Waals surface area contributed by atoms with E-state index < -0.39 is 22.0 Å². The van der Waals surface area contributed by atoms with Gasteiger partial charge in [-0.25, -0.2) is 13.4 Å². The van der Waals surface area contributed by atoms with Crippen LogP contribution in [0.25, 0.3) is 10.2 Å². The Bertz CT molecular complexity index is 1190. The first-order valence-corrected chi connectivity index (χ1v) is 12.2. The number of hydrogen-bond acceptors (Lipinski definition) is 5. The standard InChI is InChI=1S/C21H24ClN3O3S2/c1-12(2)9-19(21(26)24-17-7-5-13(3)10-16(17)22)25-30(27,28)15-6-8-18-20(11-15)29-14(4)23-18/h5-8,10-12,19,25H,9H2,1-4H3,(H,24,26)/t19-/m0/s1. The van der Waals surface area contributed by atoms with Gasteiger partial charge in [-0.05, 0) is 62.1 Å². The lowest BCUT2D eigenvalue weighted by molar-refractivity contribution is -0.118. The fourth-order valence-electron chi connectivity index (χ4n) is 3.06. The van der Waals surface area contributed by atoms with Crippen LogP contribution >= 0.6 is 22.9 Å². The monoisotopic (exact) mass is 465 g/mol. The van der Waals surface area contributed by atoms with Crippen molar-refractivity contribution in [1.82, 2.24) is 9.71 Å². The van der Waals surface area contributed by atoms with E-state index in [2.05, 4.69) is 15.0 Å². The van der Waals surface area contributed by atoms with Gasteiger partial charge in [-0.2, -0.15) is 4.72 Å². The highest BCUT2D eigenvalue weighted by atomic mass is 35.5. The lowest BCUT2D eigenvalue weighted by Crippen LogP contribution is -2.44. The number of benzene rings is 2. The number of anilines is 1. The van der Waals surface area contributed by atoms with Gasteiger partial charge in [-0.1, -0.05) is 31.5 Å². The molecule has 1 heterocycles. The van der Waals surface area contributed by atoms with Gasteiger partial charge in [-0.3, -0.25) is 4.79 Å². The van der Waals surface area contributed by atoms with Crippen molar-refractivity contribution in [3.63, 3.8) is 0 Å². The third kappa shape index (κ3) is 5.37. The van der Waals surface area contributed by atoms with Crippen LogP contribution in [0, 0.1) is 19.8 Å². The van der Waals surface area contributed by atoms with E-state index >= 15 is 0 Å². The van der Waals surface area contributed by atoms with Gasteiger partial charge >= 0.3 is 0 Å². The molecule has 1 aromatic heterocycles. The number of nitrogens with zero attached hydrogens (tertiary/aromatic N) is 1. The molecule has 0 saturated heterocycles. The van der Waals surface area contributed by atoms with E-state index in [0.29, 0.717) is 17.1 Å². The number of aromatic nitrogens is 1. The number of aryl methyl sites for hydroxylation is 2. The third-order valence-electron chi connectivity index (χ3n) is 4.48. The van der Waals surface area contributed by atoms with Crippen LogP contribution in [0.3, 0.4) is 0 Å². The van der Waals surface area contributed by atoms with Crippen molar-refractivity contribution in [3.05, 3.63) is 52.0 Å². The number of sulfonamides is 1. The molecule has 30 heavy (non-hydrogen) atoms. The van der Waals surface area contributed by atoms with Crippen LogP contribution in [0.5, 0.6) is 0 Å². The van der Waals surface area contributed by atoms with Crippen molar-refractivity contribution >= 4 is 54.8 Å². The molecule has 1 amide bonds. The first kappa shape index (κ1) is 22.7. The van der Waals surface area contributed by atoms with Crippen LogP contribution in [-0.4, -0.2) is 25.4 Å². The number of amides is 1.